The molecule has 0 unspecified atom stereocenters. The molecule has 0 aliphatic carbocycles. The molecule has 0 radical (unpaired) electrons. The van der Waals surface area contributed by atoms with Gasteiger partial charge in [0.25, 0.3) is 5.56 Å². The van der Waals surface area contributed by atoms with Gasteiger partial charge in [0.05, 0.1) is 6.61 Å². The van der Waals surface area contributed by atoms with Gasteiger partial charge in [0.15, 0.2) is 0 Å². The average molecular weight is 167 g/mol. The van der Waals surface area contributed by atoms with Crippen LogP contribution in [0.2, 0.25) is 0 Å². The van der Waals surface area contributed by atoms with Gasteiger partial charge in [-0.05, 0) is 12.0 Å². The summed E-state index contributed by atoms with van der Waals surface area (Å²) in [7, 11) is 0. The molecule has 1 heterocycles. The van der Waals surface area contributed by atoms with Gasteiger partial charge >= 0.3 is 0 Å². The predicted octanol–water partition coefficient (Wildman–Crippen LogP) is 1.41. The lowest BCUT2D eigenvalue weighted by Gasteiger charge is -2.06. The number of pyridine rings is 1. The van der Waals surface area contributed by atoms with E-state index in [0.29, 0.717) is 18.3 Å². The van der Waals surface area contributed by atoms with Crippen LogP contribution >= 0.6 is 0 Å². The minimum Gasteiger partial charge on any atom is -0.493 e. The maximum Gasteiger partial charge on any atom is 0.251 e. The molecule has 1 aromatic heterocycles. The molecule has 0 fully saturated rings. The molecule has 3 nitrogen and oxygen atoms in total. The van der Waals surface area contributed by atoms with E-state index in [1.54, 1.807) is 12.3 Å². The smallest absolute Gasteiger partial charge is 0.251 e. The van der Waals surface area contributed by atoms with Gasteiger partial charge in [0.1, 0.15) is 5.75 Å². The SMILES string of the molecule is CC(C)COc1cc[nH]c(=O)c1. The zero-order valence-electron chi connectivity index (χ0n) is 7.33. The molecule has 0 aliphatic heterocycles. The number of ether oxygens (including phenoxy) is 1. The van der Waals surface area contributed by atoms with Crippen molar-refractivity contribution in [3.8, 4) is 5.75 Å². The summed E-state index contributed by atoms with van der Waals surface area (Å²) in [4.78, 5) is 13.3. The summed E-state index contributed by atoms with van der Waals surface area (Å²) in [6, 6.07) is 3.19. The number of rotatable bonds is 3. The Labute approximate surface area is 71.4 Å². The zero-order chi connectivity index (χ0) is 8.97. The van der Waals surface area contributed by atoms with Crippen LogP contribution in [0.3, 0.4) is 0 Å². The van der Waals surface area contributed by atoms with Crippen molar-refractivity contribution in [2.45, 2.75) is 13.8 Å². The summed E-state index contributed by atoms with van der Waals surface area (Å²) in [5.41, 5.74) is -0.128. The second-order valence-corrected chi connectivity index (χ2v) is 3.09. The van der Waals surface area contributed by atoms with E-state index in [1.165, 1.54) is 6.07 Å². The first-order valence-electron chi connectivity index (χ1n) is 4.00. The van der Waals surface area contributed by atoms with Crippen molar-refractivity contribution in [1.29, 1.82) is 0 Å². The lowest BCUT2D eigenvalue weighted by atomic mass is 10.2. The molecule has 1 N–H and O–H groups in total. The molecular weight excluding hydrogens is 154 g/mol. The Kier molecular flexibility index (Phi) is 2.91. The van der Waals surface area contributed by atoms with Crippen molar-refractivity contribution in [2.75, 3.05) is 6.61 Å². The fourth-order valence-corrected chi connectivity index (χ4v) is 0.778. The van der Waals surface area contributed by atoms with Crippen LogP contribution in [0.25, 0.3) is 0 Å². The molecule has 3 heteroatoms. The summed E-state index contributed by atoms with van der Waals surface area (Å²) < 4.78 is 5.33. The Morgan fingerprint density at radius 2 is 2.33 bits per heavy atom. The molecular formula is C9H13NO2. The Morgan fingerprint density at radius 1 is 1.58 bits per heavy atom. The Balaban J connectivity index is 2.58. The Bertz CT molecular complexity index is 291. The number of nitrogens with one attached hydrogen (secondary N) is 1. The lowest BCUT2D eigenvalue weighted by molar-refractivity contribution is 0.270. The van der Waals surface area contributed by atoms with Crippen LogP contribution in [-0.2, 0) is 0 Å². The van der Waals surface area contributed by atoms with E-state index in [9.17, 15) is 4.79 Å². The molecule has 12 heavy (non-hydrogen) atoms. The van der Waals surface area contributed by atoms with Crippen LogP contribution in [0.15, 0.2) is 23.1 Å². The van der Waals surface area contributed by atoms with Gasteiger partial charge in [-0.25, -0.2) is 0 Å². The third-order valence-corrected chi connectivity index (χ3v) is 1.33. The number of H-pyrrole nitrogens is 1. The van der Waals surface area contributed by atoms with E-state index < -0.39 is 0 Å². The van der Waals surface area contributed by atoms with Gasteiger partial charge in [-0.2, -0.15) is 0 Å². The first-order valence-corrected chi connectivity index (χ1v) is 4.00. The van der Waals surface area contributed by atoms with Crippen molar-refractivity contribution in [3.63, 3.8) is 0 Å². The highest BCUT2D eigenvalue weighted by molar-refractivity contribution is 5.16. The third kappa shape index (κ3) is 2.78. The first-order chi connectivity index (χ1) is 5.68. The van der Waals surface area contributed by atoms with E-state index in [4.69, 9.17) is 4.74 Å². The Hall–Kier alpha value is -1.25. The molecule has 0 atom stereocenters. The fraction of sp³-hybridized carbons (Fsp3) is 0.444. The van der Waals surface area contributed by atoms with Gasteiger partial charge < -0.3 is 9.72 Å². The topological polar surface area (TPSA) is 42.1 Å². The second kappa shape index (κ2) is 3.95. The maximum absolute atomic E-state index is 10.8. The van der Waals surface area contributed by atoms with Crippen molar-refractivity contribution in [2.24, 2.45) is 5.92 Å². The Morgan fingerprint density at radius 3 is 2.92 bits per heavy atom. The predicted molar refractivity (Wildman–Crippen MR) is 47.4 cm³/mol. The van der Waals surface area contributed by atoms with Gasteiger partial charge in [-0.3, -0.25) is 4.79 Å². The van der Waals surface area contributed by atoms with Crippen molar-refractivity contribution in [3.05, 3.63) is 28.7 Å². The van der Waals surface area contributed by atoms with E-state index in [-0.39, 0.29) is 5.56 Å². The minimum atomic E-state index is -0.128. The van der Waals surface area contributed by atoms with E-state index in [1.807, 2.05) is 0 Å². The maximum atomic E-state index is 10.8. The van der Waals surface area contributed by atoms with Crippen LogP contribution < -0.4 is 10.3 Å². The summed E-state index contributed by atoms with van der Waals surface area (Å²) >= 11 is 0. The molecule has 0 amide bonds. The summed E-state index contributed by atoms with van der Waals surface area (Å²) in [6.45, 7) is 4.77. The van der Waals surface area contributed by atoms with Gasteiger partial charge in [-0.15, -0.1) is 0 Å². The van der Waals surface area contributed by atoms with Crippen LogP contribution in [0, 0.1) is 5.92 Å². The van der Waals surface area contributed by atoms with Crippen LogP contribution in [-0.4, -0.2) is 11.6 Å². The van der Waals surface area contributed by atoms with Crippen LogP contribution in [0.1, 0.15) is 13.8 Å². The van der Waals surface area contributed by atoms with E-state index >= 15 is 0 Å². The standard InChI is InChI=1S/C9H13NO2/c1-7(2)6-12-8-3-4-10-9(11)5-8/h3-5,7H,6H2,1-2H3,(H,10,11). The third-order valence-electron chi connectivity index (χ3n) is 1.33. The minimum absolute atomic E-state index is 0.128. The molecule has 0 aromatic carbocycles. The molecule has 66 valence electrons. The number of aromatic amines is 1. The fourth-order valence-electron chi connectivity index (χ4n) is 0.778. The number of aromatic nitrogens is 1. The summed E-state index contributed by atoms with van der Waals surface area (Å²) in [5.74, 6) is 1.11. The molecule has 0 saturated carbocycles. The van der Waals surface area contributed by atoms with Crippen molar-refractivity contribution < 1.29 is 4.74 Å². The molecule has 1 rings (SSSR count). The molecule has 1 aromatic rings. The molecule has 0 spiro atoms. The highest BCUT2D eigenvalue weighted by atomic mass is 16.5. The summed E-state index contributed by atoms with van der Waals surface area (Å²) in [5, 5.41) is 0. The van der Waals surface area contributed by atoms with E-state index in [2.05, 4.69) is 18.8 Å². The summed E-state index contributed by atoms with van der Waals surface area (Å²) in [6.07, 6.45) is 1.58. The highest BCUT2D eigenvalue weighted by Gasteiger charge is 1.96. The molecule has 0 bridgehead atoms. The largest absolute Gasteiger partial charge is 0.493 e. The average Bonchev–Trinajstić information content (AvgIpc) is 2.01. The second-order valence-electron chi connectivity index (χ2n) is 3.09. The monoisotopic (exact) mass is 167 g/mol. The molecule has 0 saturated heterocycles. The van der Waals surface area contributed by atoms with Crippen LogP contribution in [0.4, 0.5) is 0 Å². The first kappa shape index (κ1) is 8.84. The van der Waals surface area contributed by atoms with Gasteiger partial charge in [0, 0.05) is 12.3 Å². The zero-order valence-corrected chi connectivity index (χ0v) is 7.33. The number of hydrogen-bond donors (Lipinski definition) is 1. The van der Waals surface area contributed by atoms with Crippen molar-refractivity contribution in [1.82, 2.24) is 4.98 Å². The van der Waals surface area contributed by atoms with Gasteiger partial charge in [0.2, 0.25) is 0 Å². The normalized spacial score (nSPS) is 10.2. The lowest BCUT2D eigenvalue weighted by Crippen LogP contribution is -2.08. The van der Waals surface area contributed by atoms with Gasteiger partial charge in [-0.1, -0.05) is 13.8 Å². The quantitative estimate of drug-likeness (QED) is 0.739. The van der Waals surface area contributed by atoms with Crippen molar-refractivity contribution >= 4 is 0 Å². The highest BCUT2D eigenvalue weighted by Crippen LogP contribution is 2.05. The van der Waals surface area contributed by atoms with E-state index in [0.717, 1.165) is 0 Å². The number of hydrogen-bond acceptors (Lipinski definition) is 2. The molecule has 0 aliphatic rings. The van der Waals surface area contributed by atoms with Crippen LogP contribution in [0.5, 0.6) is 5.75 Å².